The van der Waals surface area contributed by atoms with Gasteiger partial charge in [-0.3, -0.25) is 4.79 Å². The summed E-state index contributed by atoms with van der Waals surface area (Å²) in [5.74, 6) is 0.315. The molecule has 4 aromatic carbocycles. The van der Waals surface area contributed by atoms with Gasteiger partial charge in [-0.15, -0.1) is 0 Å². The fraction of sp³-hybridized carbons (Fsp3) is 0.129. The smallest absolute Gasteiger partial charge is 1.00 e. The van der Waals surface area contributed by atoms with Crippen LogP contribution in [0.3, 0.4) is 0 Å². The molecule has 0 saturated heterocycles. The Morgan fingerprint density at radius 1 is 0.822 bits per heavy atom. The Bertz CT molecular complexity index is 1430. The molecule has 4 aromatic rings. The molecule has 14 heteroatoms. The zero-order valence-electron chi connectivity index (χ0n) is 26.1. The van der Waals surface area contributed by atoms with Gasteiger partial charge in [-0.1, -0.05) is 75.5 Å². The third-order valence-electron chi connectivity index (χ3n) is 5.02. The standard InChI is InChI=1S/C15H13ClO3.C9H8BrClO2.C6H6O.CH2O3.2K.H2.H/c1-18-15(17)14-8-7-12(16)9-11(14)10-19-13-5-3-2-4-6-13;1-13-9(12)8-3-2-7(11)4-6(8)5-10;7-6-4-2-1-3-5-6;2-1-4-3;;;;/h2-9H,10H2,1H3;2-4H,5H2,1H3;1-5,7H;1,3H;;;1H;/q;;;;2*+1;;-1/p-1/i;;;;;;1+1;. The summed E-state index contributed by atoms with van der Waals surface area (Å²) >= 11 is 15.0. The van der Waals surface area contributed by atoms with E-state index in [1.807, 2.05) is 36.4 Å². The van der Waals surface area contributed by atoms with Crippen LogP contribution in [0.15, 0.2) is 97.1 Å². The fourth-order valence-electron chi connectivity index (χ4n) is 3.08. The van der Waals surface area contributed by atoms with Crippen molar-refractivity contribution in [3.63, 3.8) is 0 Å². The third-order valence-corrected chi connectivity index (χ3v) is 6.10. The van der Waals surface area contributed by atoms with E-state index >= 15 is 0 Å². The van der Waals surface area contributed by atoms with Crippen LogP contribution in [0.2, 0.25) is 10.0 Å². The first-order valence-corrected chi connectivity index (χ1v) is 14.0. The first-order chi connectivity index (χ1) is 20.7. The number of hydrogen-bond donors (Lipinski definition) is 1. The maximum atomic E-state index is 11.6. The second-order valence-electron chi connectivity index (χ2n) is 7.85. The topological polar surface area (TPSA) is 131 Å². The summed E-state index contributed by atoms with van der Waals surface area (Å²) in [7, 11) is 2.70. The minimum Gasteiger partial charge on any atom is -1.00 e. The van der Waals surface area contributed by atoms with Gasteiger partial charge in [-0.05, 0) is 66.2 Å². The first-order valence-electron chi connectivity index (χ1n) is 12.1. The predicted octanol–water partition coefficient (Wildman–Crippen LogP) is 0.921. The van der Waals surface area contributed by atoms with Crippen LogP contribution in [-0.2, 0) is 31.1 Å². The second kappa shape index (κ2) is 28.2. The quantitative estimate of drug-likeness (QED) is 0.0728. The molecule has 0 fully saturated rings. The van der Waals surface area contributed by atoms with E-state index in [4.69, 9.17) is 47.8 Å². The Hall–Kier alpha value is -0.817. The Labute approximate surface area is 368 Å². The van der Waals surface area contributed by atoms with Gasteiger partial charge in [0.2, 0.25) is 0 Å². The predicted molar refractivity (Wildman–Crippen MR) is 167 cm³/mol. The molecule has 4 rings (SSSR count). The molecule has 0 atom stereocenters. The summed E-state index contributed by atoms with van der Waals surface area (Å²) < 4.78 is 15.0. The summed E-state index contributed by atoms with van der Waals surface area (Å²) in [6.45, 7) is 0.0784. The minimum absolute atomic E-state index is 0. The van der Waals surface area contributed by atoms with E-state index in [-0.39, 0.29) is 125 Å². The summed E-state index contributed by atoms with van der Waals surface area (Å²) in [6, 6.07) is 28.1. The molecule has 0 aliphatic heterocycles. The third kappa shape index (κ3) is 19.6. The SMILES string of the molecule is COC(=O)c1ccc(Cl)cc1CBr.COC(=O)c1ccc(Cl)cc1COc1ccccc1.O=CO[O-].Oc1ccccc1.[2HH].[H-].[K+].[K+]. The van der Waals surface area contributed by atoms with Gasteiger partial charge in [0.1, 0.15) is 18.1 Å². The monoisotopic (exact) mass is 775 g/mol. The first kappa shape index (κ1) is 46.3. The molecular formula is C31H31BrCl2K2O9. The number of carbonyl (C=O) groups excluding carboxylic acids is 3. The van der Waals surface area contributed by atoms with Crippen molar-refractivity contribution in [2.24, 2.45) is 0 Å². The van der Waals surface area contributed by atoms with Crippen molar-refractivity contribution in [3.05, 3.63) is 129 Å². The maximum Gasteiger partial charge on any atom is 1.00 e. The van der Waals surface area contributed by atoms with Crippen LogP contribution in [0.5, 0.6) is 11.5 Å². The average Bonchev–Trinajstić information content (AvgIpc) is 3.04. The van der Waals surface area contributed by atoms with E-state index in [0.29, 0.717) is 37.8 Å². The Morgan fingerprint density at radius 3 is 1.62 bits per heavy atom. The number of rotatable bonds is 7. The van der Waals surface area contributed by atoms with Gasteiger partial charge >= 0.3 is 115 Å². The molecule has 0 radical (unpaired) electrons. The molecule has 0 heterocycles. The number of phenolic OH excluding ortho intramolecular Hbond substituents is 1. The van der Waals surface area contributed by atoms with Crippen LogP contribution in [0.25, 0.3) is 0 Å². The van der Waals surface area contributed by atoms with Crippen LogP contribution >= 0.6 is 39.1 Å². The fourth-order valence-corrected chi connectivity index (χ4v) is 3.93. The molecule has 45 heavy (non-hydrogen) atoms. The number of methoxy groups -OCH3 is 2. The van der Waals surface area contributed by atoms with Crippen LogP contribution in [0, 0.1) is 0 Å². The number of halogens is 3. The molecule has 0 aliphatic rings. The van der Waals surface area contributed by atoms with E-state index in [1.165, 1.54) is 14.2 Å². The molecule has 0 aromatic heterocycles. The van der Waals surface area contributed by atoms with E-state index in [0.717, 1.165) is 11.3 Å². The largest absolute Gasteiger partial charge is 1.00 e. The normalized spacial score (nSPS) is 8.84. The van der Waals surface area contributed by atoms with Crippen LogP contribution in [-0.4, -0.2) is 37.7 Å². The molecule has 9 nitrogen and oxygen atoms in total. The number of carbonyl (C=O) groups is 3. The molecule has 1 N–H and O–H groups in total. The van der Waals surface area contributed by atoms with Gasteiger partial charge in [-0.25, -0.2) is 9.59 Å². The van der Waals surface area contributed by atoms with Gasteiger partial charge in [0.15, 0.2) is 0 Å². The maximum absolute atomic E-state index is 11.6. The average molecular weight is 778 g/mol. The van der Waals surface area contributed by atoms with Gasteiger partial charge in [0.05, 0.1) is 25.3 Å². The Morgan fingerprint density at radius 2 is 1.24 bits per heavy atom. The minimum atomic E-state index is -0.400. The van der Waals surface area contributed by atoms with Crippen LogP contribution in [0.1, 0.15) is 34.7 Å². The van der Waals surface area contributed by atoms with Gasteiger partial charge in [0, 0.05) is 22.4 Å². The number of aromatic hydroxyl groups is 1. The number of benzene rings is 4. The number of hydrogen-bond acceptors (Lipinski definition) is 9. The number of para-hydroxylation sites is 2. The summed E-state index contributed by atoms with van der Waals surface area (Å²) in [6.07, 6.45) is 0. The van der Waals surface area contributed by atoms with Crippen molar-refractivity contribution < 1.29 is 149 Å². The van der Waals surface area contributed by atoms with Crippen molar-refractivity contribution in [2.45, 2.75) is 11.9 Å². The molecule has 0 amide bonds. The second-order valence-corrected chi connectivity index (χ2v) is 9.28. The number of alkyl halides is 1. The van der Waals surface area contributed by atoms with E-state index < -0.39 is 5.97 Å². The zero-order valence-corrected chi connectivity index (χ0v) is 34.4. The number of esters is 2. The summed E-state index contributed by atoms with van der Waals surface area (Å²) in [5.41, 5.74) is 2.54. The van der Waals surface area contributed by atoms with E-state index in [9.17, 15) is 9.59 Å². The molecular weight excluding hydrogens is 745 g/mol. The molecule has 0 aliphatic carbocycles. The van der Waals surface area contributed by atoms with Crippen molar-refractivity contribution in [2.75, 3.05) is 14.2 Å². The number of ether oxygens (including phenoxy) is 3. The molecule has 0 unspecified atom stereocenters. The summed E-state index contributed by atoms with van der Waals surface area (Å²) in [4.78, 5) is 34.1. The summed E-state index contributed by atoms with van der Waals surface area (Å²) in [5, 5.41) is 18.8. The van der Waals surface area contributed by atoms with Crippen LogP contribution in [0.4, 0.5) is 0 Å². The van der Waals surface area contributed by atoms with Crippen molar-refractivity contribution in [1.82, 2.24) is 0 Å². The molecule has 232 valence electrons. The molecule has 0 spiro atoms. The van der Waals surface area contributed by atoms with Gasteiger partial charge in [0.25, 0.3) is 6.47 Å². The van der Waals surface area contributed by atoms with Crippen molar-refractivity contribution in [1.29, 1.82) is 0 Å². The van der Waals surface area contributed by atoms with Crippen LogP contribution < -0.4 is 113 Å². The van der Waals surface area contributed by atoms with E-state index in [1.54, 1.807) is 60.7 Å². The van der Waals surface area contributed by atoms with Gasteiger partial charge in [-0.2, -0.15) is 0 Å². The molecule has 0 bridgehead atoms. The van der Waals surface area contributed by atoms with E-state index in [2.05, 4.69) is 25.6 Å². The van der Waals surface area contributed by atoms with Crippen molar-refractivity contribution in [3.8, 4) is 11.5 Å². The Kier molecular flexibility index (Phi) is 29.0. The van der Waals surface area contributed by atoms with Crippen molar-refractivity contribution >= 4 is 57.5 Å². The zero-order chi connectivity index (χ0) is 32.0. The number of phenols is 1. The molecule has 0 saturated carbocycles. The van der Waals surface area contributed by atoms with Gasteiger partial charge < -0.3 is 30.9 Å². The Balaban J connectivity index is -0.000000288.